The SMILES string of the molecule is CCCNCc1ccnc(N(C)C2CCC2)c1. The third-order valence-corrected chi connectivity index (χ3v) is 3.55. The smallest absolute Gasteiger partial charge is 0.128 e. The van der Waals surface area contributed by atoms with Gasteiger partial charge in [-0.05, 0) is 49.9 Å². The normalized spacial score (nSPS) is 15.6. The quantitative estimate of drug-likeness (QED) is 0.765. The van der Waals surface area contributed by atoms with Crippen molar-refractivity contribution in [2.24, 2.45) is 0 Å². The van der Waals surface area contributed by atoms with Crippen LogP contribution >= 0.6 is 0 Å². The molecule has 0 unspecified atom stereocenters. The topological polar surface area (TPSA) is 28.2 Å². The molecule has 0 amide bonds. The molecule has 0 atom stereocenters. The monoisotopic (exact) mass is 233 g/mol. The van der Waals surface area contributed by atoms with Gasteiger partial charge in [0.05, 0.1) is 0 Å². The van der Waals surface area contributed by atoms with Gasteiger partial charge in [0.2, 0.25) is 0 Å². The lowest BCUT2D eigenvalue weighted by Crippen LogP contribution is -2.37. The summed E-state index contributed by atoms with van der Waals surface area (Å²) in [5.41, 5.74) is 1.33. The highest BCUT2D eigenvalue weighted by atomic mass is 15.2. The molecule has 0 spiro atoms. The van der Waals surface area contributed by atoms with E-state index in [9.17, 15) is 0 Å². The highest BCUT2D eigenvalue weighted by molar-refractivity contribution is 5.41. The van der Waals surface area contributed by atoms with E-state index >= 15 is 0 Å². The Labute approximate surface area is 104 Å². The molecule has 1 fully saturated rings. The zero-order chi connectivity index (χ0) is 12.1. The molecule has 1 aromatic heterocycles. The molecule has 1 aliphatic rings. The molecule has 17 heavy (non-hydrogen) atoms. The predicted octanol–water partition coefficient (Wildman–Crippen LogP) is 2.57. The summed E-state index contributed by atoms with van der Waals surface area (Å²) in [6.45, 7) is 4.22. The Hall–Kier alpha value is -1.09. The second kappa shape index (κ2) is 6.01. The summed E-state index contributed by atoms with van der Waals surface area (Å²) < 4.78 is 0. The van der Waals surface area contributed by atoms with Gasteiger partial charge in [0.15, 0.2) is 0 Å². The van der Waals surface area contributed by atoms with Gasteiger partial charge in [-0.25, -0.2) is 4.98 Å². The van der Waals surface area contributed by atoms with Gasteiger partial charge in [-0.3, -0.25) is 0 Å². The van der Waals surface area contributed by atoms with Crippen molar-refractivity contribution in [2.75, 3.05) is 18.5 Å². The van der Waals surface area contributed by atoms with Crippen molar-refractivity contribution in [1.29, 1.82) is 0 Å². The second-order valence-electron chi connectivity index (χ2n) is 4.89. The van der Waals surface area contributed by atoms with Gasteiger partial charge in [0.1, 0.15) is 5.82 Å². The number of nitrogens with one attached hydrogen (secondary N) is 1. The van der Waals surface area contributed by atoms with Crippen LogP contribution in [0.15, 0.2) is 18.3 Å². The summed E-state index contributed by atoms with van der Waals surface area (Å²) in [6.07, 6.45) is 7.10. The maximum Gasteiger partial charge on any atom is 0.128 e. The third kappa shape index (κ3) is 3.19. The van der Waals surface area contributed by atoms with Crippen LogP contribution in [0.2, 0.25) is 0 Å². The van der Waals surface area contributed by atoms with Crippen LogP contribution in [0.5, 0.6) is 0 Å². The van der Waals surface area contributed by atoms with Crippen LogP contribution in [0.4, 0.5) is 5.82 Å². The van der Waals surface area contributed by atoms with E-state index < -0.39 is 0 Å². The summed E-state index contributed by atoms with van der Waals surface area (Å²) in [4.78, 5) is 6.79. The predicted molar refractivity (Wildman–Crippen MR) is 72.3 cm³/mol. The van der Waals surface area contributed by atoms with Crippen LogP contribution < -0.4 is 10.2 Å². The lowest BCUT2D eigenvalue weighted by atomic mass is 9.92. The molecule has 1 aromatic rings. The number of aromatic nitrogens is 1. The first-order valence-electron chi connectivity index (χ1n) is 6.69. The molecule has 3 nitrogen and oxygen atoms in total. The average molecular weight is 233 g/mol. The number of anilines is 1. The third-order valence-electron chi connectivity index (χ3n) is 3.55. The summed E-state index contributed by atoms with van der Waals surface area (Å²) in [6, 6.07) is 5.02. The zero-order valence-electron chi connectivity index (χ0n) is 10.9. The number of hydrogen-bond acceptors (Lipinski definition) is 3. The van der Waals surface area contributed by atoms with E-state index in [0.717, 1.165) is 18.9 Å². The Morgan fingerprint density at radius 1 is 1.47 bits per heavy atom. The van der Waals surface area contributed by atoms with Crippen LogP contribution in [0.25, 0.3) is 0 Å². The molecule has 0 radical (unpaired) electrons. The fourth-order valence-electron chi connectivity index (χ4n) is 2.13. The van der Waals surface area contributed by atoms with Gasteiger partial charge in [0.25, 0.3) is 0 Å². The molecule has 0 saturated heterocycles. The Bertz CT molecular complexity index is 347. The van der Waals surface area contributed by atoms with Crippen molar-refractivity contribution in [2.45, 2.75) is 45.2 Å². The van der Waals surface area contributed by atoms with Crippen molar-refractivity contribution in [1.82, 2.24) is 10.3 Å². The number of hydrogen-bond donors (Lipinski definition) is 1. The lowest BCUT2D eigenvalue weighted by molar-refractivity contribution is 0.399. The van der Waals surface area contributed by atoms with E-state index in [2.05, 4.69) is 41.3 Å². The summed E-state index contributed by atoms with van der Waals surface area (Å²) in [5, 5.41) is 3.43. The van der Waals surface area contributed by atoms with Crippen molar-refractivity contribution in [3.63, 3.8) is 0 Å². The molecule has 0 aromatic carbocycles. The lowest BCUT2D eigenvalue weighted by Gasteiger charge is -2.35. The maximum atomic E-state index is 4.47. The standard InChI is InChI=1S/C14H23N3/c1-3-8-15-11-12-7-9-16-14(10-12)17(2)13-5-4-6-13/h7,9-10,13,15H,3-6,8,11H2,1-2H3. The minimum absolute atomic E-state index is 0.710. The largest absolute Gasteiger partial charge is 0.357 e. The van der Waals surface area contributed by atoms with Gasteiger partial charge < -0.3 is 10.2 Å². The Morgan fingerprint density at radius 3 is 2.94 bits per heavy atom. The number of nitrogens with zero attached hydrogens (tertiary/aromatic N) is 2. The highest BCUT2D eigenvalue weighted by Gasteiger charge is 2.22. The van der Waals surface area contributed by atoms with Crippen molar-refractivity contribution >= 4 is 5.82 Å². The Kier molecular flexibility index (Phi) is 4.37. The van der Waals surface area contributed by atoms with Gasteiger partial charge in [-0.15, -0.1) is 0 Å². The van der Waals surface area contributed by atoms with Crippen LogP contribution in [0, 0.1) is 0 Å². The number of rotatable bonds is 6. The fraction of sp³-hybridized carbons (Fsp3) is 0.643. The van der Waals surface area contributed by atoms with E-state index in [1.165, 1.54) is 31.2 Å². The summed E-state index contributed by atoms with van der Waals surface area (Å²) >= 11 is 0. The van der Waals surface area contributed by atoms with Crippen LogP contribution in [0.3, 0.4) is 0 Å². The van der Waals surface area contributed by atoms with Crippen LogP contribution in [-0.2, 0) is 6.54 Å². The maximum absolute atomic E-state index is 4.47. The van der Waals surface area contributed by atoms with Gasteiger partial charge in [0, 0.05) is 25.8 Å². The van der Waals surface area contributed by atoms with E-state index in [1.807, 2.05) is 6.20 Å². The summed E-state index contributed by atoms with van der Waals surface area (Å²) in [7, 11) is 2.16. The van der Waals surface area contributed by atoms with E-state index in [-0.39, 0.29) is 0 Å². The average Bonchev–Trinajstić information content (AvgIpc) is 2.27. The molecule has 1 saturated carbocycles. The Balaban J connectivity index is 1.95. The number of pyridine rings is 1. The molecule has 2 rings (SSSR count). The van der Waals surface area contributed by atoms with Gasteiger partial charge in [-0.2, -0.15) is 0 Å². The first kappa shape index (κ1) is 12.4. The van der Waals surface area contributed by atoms with Crippen molar-refractivity contribution in [3.8, 4) is 0 Å². The molecule has 0 bridgehead atoms. The molecular weight excluding hydrogens is 210 g/mol. The van der Waals surface area contributed by atoms with Gasteiger partial charge >= 0.3 is 0 Å². The minimum atomic E-state index is 0.710. The molecule has 3 heteroatoms. The molecule has 1 heterocycles. The molecular formula is C14H23N3. The van der Waals surface area contributed by atoms with E-state index in [4.69, 9.17) is 0 Å². The molecule has 1 N–H and O–H groups in total. The van der Waals surface area contributed by atoms with Crippen LogP contribution in [0.1, 0.15) is 38.2 Å². The first-order chi connectivity index (χ1) is 8.31. The zero-order valence-corrected chi connectivity index (χ0v) is 10.9. The second-order valence-corrected chi connectivity index (χ2v) is 4.89. The Morgan fingerprint density at radius 2 is 2.29 bits per heavy atom. The first-order valence-corrected chi connectivity index (χ1v) is 6.69. The van der Waals surface area contributed by atoms with Gasteiger partial charge in [-0.1, -0.05) is 6.92 Å². The molecule has 1 aliphatic carbocycles. The molecule has 0 aliphatic heterocycles. The van der Waals surface area contributed by atoms with Crippen LogP contribution in [-0.4, -0.2) is 24.6 Å². The molecule has 94 valence electrons. The van der Waals surface area contributed by atoms with Crippen molar-refractivity contribution in [3.05, 3.63) is 23.9 Å². The minimum Gasteiger partial charge on any atom is -0.357 e. The van der Waals surface area contributed by atoms with Crippen molar-refractivity contribution < 1.29 is 0 Å². The van der Waals surface area contributed by atoms with E-state index in [1.54, 1.807) is 0 Å². The summed E-state index contributed by atoms with van der Waals surface area (Å²) in [5.74, 6) is 1.12. The van der Waals surface area contributed by atoms with E-state index in [0.29, 0.717) is 6.04 Å². The highest BCUT2D eigenvalue weighted by Crippen LogP contribution is 2.27. The fourth-order valence-corrected chi connectivity index (χ4v) is 2.13.